The summed E-state index contributed by atoms with van der Waals surface area (Å²) < 4.78 is 0. The Hall–Kier alpha value is -2.68. The zero-order chi connectivity index (χ0) is 19.9. The van der Waals surface area contributed by atoms with Crippen LogP contribution < -0.4 is 0 Å². The molecule has 1 heterocycles. The molecule has 1 aliphatic rings. The van der Waals surface area contributed by atoms with Crippen LogP contribution in [0.5, 0.6) is 0 Å². The van der Waals surface area contributed by atoms with E-state index in [9.17, 15) is 4.79 Å². The summed E-state index contributed by atoms with van der Waals surface area (Å²) in [5.41, 5.74) is 4.33. The molecule has 146 valence electrons. The first-order chi connectivity index (χ1) is 13.5. The zero-order valence-electron chi connectivity index (χ0n) is 16.8. The quantitative estimate of drug-likeness (QED) is 0.778. The smallest absolute Gasteiger partial charge is 0.236 e. The molecule has 3 rings (SSSR count). The van der Waals surface area contributed by atoms with Crippen LogP contribution in [0.25, 0.3) is 0 Å². The molecule has 0 radical (unpaired) electrons. The van der Waals surface area contributed by atoms with Gasteiger partial charge in [-0.05, 0) is 37.2 Å². The number of nitriles is 1. The van der Waals surface area contributed by atoms with E-state index < -0.39 is 0 Å². The number of rotatable bonds is 6. The number of carbonyl (C=O) groups excluding carboxylic acids is 1. The fourth-order valence-corrected chi connectivity index (χ4v) is 3.66. The molecule has 2 aromatic carbocycles. The minimum absolute atomic E-state index is 0.175. The predicted octanol–water partition coefficient (Wildman–Crippen LogP) is 2.64. The van der Waals surface area contributed by atoms with Crippen LogP contribution in [0.3, 0.4) is 0 Å². The first-order valence-electron chi connectivity index (χ1n) is 9.77. The van der Waals surface area contributed by atoms with Crippen molar-refractivity contribution in [3.63, 3.8) is 0 Å². The van der Waals surface area contributed by atoms with Crippen molar-refractivity contribution in [3.8, 4) is 6.07 Å². The lowest BCUT2D eigenvalue weighted by Crippen LogP contribution is -2.50. The fraction of sp³-hybridized carbons (Fsp3) is 0.391. The van der Waals surface area contributed by atoms with Crippen LogP contribution in [0.2, 0.25) is 0 Å². The summed E-state index contributed by atoms with van der Waals surface area (Å²) in [4.78, 5) is 19.0. The number of carbonyl (C=O) groups is 1. The number of hydrogen-bond acceptors (Lipinski definition) is 4. The Kier molecular flexibility index (Phi) is 6.80. The van der Waals surface area contributed by atoms with Crippen LogP contribution in [0.1, 0.15) is 22.3 Å². The first kappa shape index (κ1) is 20.1. The van der Waals surface area contributed by atoms with Crippen molar-refractivity contribution in [2.45, 2.75) is 20.0 Å². The summed E-state index contributed by atoms with van der Waals surface area (Å²) in [5.74, 6) is 0.175. The van der Waals surface area contributed by atoms with Gasteiger partial charge in [-0.15, -0.1) is 0 Å². The van der Waals surface area contributed by atoms with Crippen LogP contribution in [0.4, 0.5) is 0 Å². The number of nitrogens with zero attached hydrogens (tertiary/aromatic N) is 4. The molecule has 5 heteroatoms. The third kappa shape index (κ3) is 5.66. The number of likely N-dealkylation sites (N-methyl/N-ethyl adjacent to an activating group) is 1. The van der Waals surface area contributed by atoms with E-state index in [0.29, 0.717) is 18.7 Å². The largest absolute Gasteiger partial charge is 0.339 e. The molecular weight excluding hydrogens is 348 g/mol. The summed E-state index contributed by atoms with van der Waals surface area (Å²) in [7, 11) is 1.95. The van der Waals surface area contributed by atoms with Crippen LogP contribution >= 0.6 is 0 Å². The van der Waals surface area contributed by atoms with Gasteiger partial charge in [0, 0.05) is 39.3 Å². The minimum Gasteiger partial charge on any atom is -0.339 e. The van der Waals surface area contributed by atoms with Gasteiger partial charge in [0.1, 0.15) is 0 Å². The second-order valence-corrected chi connectivity index (χ2v) is 7.63. The maximum absolute atomic E-state index is 12.6. The molecule has 1 aliphatic heterocycles. The molecule has 1 amide bonds. The molecule has 0 atom stereocenters. The highest BCUT2D eigenvalue weighted by Gasteiger charge is 2.22. The van der Waals surface area contributed by atoms with Gasteiger partial charge in [-0.1, -0.05) is 42.0 Å². The molecule has 0 unspecified atom stereocenters. The highest BCUT2D eigenvalue weighted by atomic mass is 16.2. The van der Waals surface area contributed by atoms with E-state index in [1.54, 1.807) is 6.07 Å². The average molecular weight is 377 g/mol. The van der Waals surface area contributed by atoms with E-state index in [2.05, 4.69) is 42.2 Å². The number of benzene rings is 2. The van der Waals surface area contributed by atoms with Gasteiger partial charge in [0.15, 0.2) is 0 Å². The molecule has 1 fully saturated rings. The van der Waals surface area contributed by atoms with Gasteiger partial charge in [0.25, 0.3) is 0 Å². The molecule has 0 saturated carbocycles. The predicted molar refractivity (Wildman–Crippen MR) is 111 cm³/mol. The van der Waals surface area contributed by atoms with E-state index >= 15 is 0 Å². The van der Waals surface area contributed by atoms with E-state index in [1.165, 1.54) is 11.1 Å². The molecule has 1 saturated heterocycles. The zero-order valence-corrected chi connectivity index (χ0v) is 16.8. The fourth-order valence-electron chi connectivity index (χ4n) is 3.66. The van der Waals surface area contributed by atoms with E-state index in [4.69, 9.17) is 5.26 Å². The van der Waals surface area contributed by atoms with Gasteiger partial charge in [-0.2, -0.15) is 5.26 Å². The van der Waals surface area contributed by atoms with Gasteiger partial charge < -0.3 is 4.90 Å². The van der Waals surface area contributed by atoms with E-state index in [-0.39, 0.29) is 5.91 Å². The van der Waals surface area contributed by atoms with Crippen molar-refractivity contribution in [3.05, 3.63) is 70.8 Å². The van der Waals surface area contributed by atoms with Crippen LogP contribution in [0.15, 0.2) is 48.5 Å². The molecule has 0 aromatic heterocycles. The second kappa shape index (κ2) is 9.50. The topological polar surface area (TPSA) is 50.6 Å². The van der Waals surface area contributed by atoms with Crippen LogP contribution in [0, 0.1) is 18.3 Å². The Morgan fingerprint density at radius 2 is 1.79 bits per heavy atom. The van der Waals surface area contributed by atoms with Crippen molar-refractivity contribution in [1.29, 1.82) is 5.26 Å². The molecule has 28 heavy (non-hydrogen) atoms. The average Bonchev–Trinajstić information content (AvgIpc) is 2.68. The molecule has 0 N–H and O–H groups in total. The van der Waals surface area contributed by atoms with Crippen molar-refractivity contribution >= 4 is 5.91 Å². The van der Waals surface area contributed by atoms with E-state index in [0.717, 1.165) is 38.3 Å². The highest BCUT2D eigenvalue weighted by Crippen LogP contribution is 2.11. The first-order valence-corrected chi connectivity index (χ1v) is 9.77. The summed E-state index contributed by atoms with van der Waals surface area (Å²) in [5, 5.41) is 9.01. The Bertz CT molecular complexity index is 850. The monoisotopic (exact) mass is 376 g/mol. The lowest BCUT2D eigenvalue weighted by Gasteiger charge is -2.35. The summed E-state index contributed by atoms with van der Waals surface area (Å²) in [6.07, 6.45) is 0. The van der Waals surface area contributed by atoms with Gasteiger partial charge in [0.2, 0.25) is 5.91 Å². The van der Waals surface area contributed by atoms with Crippen LogP contribution in [-0.4, -0.2) is 60.4 Å². The standard InChI is InChI=1S/C23H28N4O/c1-19-5-3-7-21(13-19)17-26-9-11-27(12-10-26)23(28)18-25(2)16-22-8-4-6-20(14-22)15-24/h3-8,13-14H,9-12,16-18H2,1-2H3. The van der Waals surface area contributed by atoms with Crippen molar-refractivity contribution < 1.29 is 4.79 Å². The maximum Gasteiger partial charge on any atom is 0.236 e. The summed E-state index contributed by atoms with van der Waals surface area (Å²) in [6, 6.07) is 18.3. The van der Waals surface area contributed by atoms with Gasteiger partial charge in [-0.25, -0.2) is 0 Å². The van der Waals surface area contributed by atoms with Crippen LogP contribution in [-0.2, 0) is 17.9 Å². The lowest BCUT2D eigenvalue weighted by molar-refractivity contribution is -0.134. The Morgan fingerprint density at radius 3 is 2.50 bits per heavy atom. The normalized spacial score (nSPS) is 14.9. The molecule has 0 spiro atoms. The number of piperazine rings is 1. The molecule has 0 aliphatic carbocycles. The summed E-state index contributed by atoms with van der Waals surface area (Å²) in [6.45, 7) is 7.50. The number of amides is 1. The Balaban J connectivity index is 1.45. The summed E-state index contributed by atoms with van der Waals surface area (Å²) >= 11 is 0. The molecule has 2 aromatic rings. The minimum atomic E-state index is 0.175. The molecular formula is C23H28N4O. The van der Waals surface area contributed by atoms with Crippen molar-refractivity contribution in [2.24, 2.45) is 0 Å². The molecule has 0 bridgehead atoms. The second-order valence-electron chi connectivity index (χ2n) is 7.63. The Labute approximate surface area is 167 Å². The van der Waals surface area contributed by atoms with Crippen molar-refractivity contribution in [1.82, 2.24) is 14.7 Å². The highest BCUT2D eigenvalue weighted by molar-refractivity contribution is 5.78. The van der Waals surface area contributed by atoms with Gasteiger partial charge in [0.05, 0.1) is 18.2 Å². The van der Waals surface area contributed by atoms with Gasteiger partial charge >= 0.3 is 0 Å². The van der Waals surface area contributed by atoms with Crippen molar-refractivity contribution in [2.75, 3.05) is 39.8 Å². The third-order valence-electron chi connectivity index (χ3n) is 5.13. The SMILES string of the molecule is Cc1cccc(CN2CCN(C(=O)CN(C)Cc3cccc(C#N)c3)CC2)c1. The maximum atomic E-state index is 12.6. The number of aryl methyl sites for hydroxylation is 1. The van der Waals surface area contributed by atoms with E-state index in [1.807, 2.05) is 35.0 Å². The number of hydrogen-bond donors (Lipinski definition) is 0. The van der Waals surface area contributed by atoms with Gasteiger partial charge in [-0.3, -0.25) is 14.6 Å². The lowest BCUT2D eigenvalue weighted by atomic mass is 10.1. The Morgan fingerprint density at radius 1 is 1.07 bits per heavy atom. The molecule has 5 nitrogen and oxygen atoms in total. The third-order valence-corrected chi connectivity index (χ3v) is 5.13.